The minimum absolute atomic E-state index is 0.0640. The Bertz CT molecular complexity index is 1310. The fraction of sp³-hybridized carbons (Fsp3) is 0.677. The SMILES string of the molecule is CCCCc1oc2ccccc2c1C(=O)N1CCC(OCCCN2CCN(CC(=O)NC3CCS(=O)(=O)C3)CC2)CC1. The van der Waals surface area contributed by atoms with Crippen molar-refractivity contribution in [1.82, 2.24) is 20.0 Å². The first-order valence-corrected chi connectivity index (χ1v) is 17.5. The summed E-state index contributed by atoms with van der Waals surface area (Å²) in [5.74, 6) is 1.04. The van der Waals surface area contributed by atoms with E-state index in [1.807, 2.05) is 29.2 Å². The van der Waals surface area contributed by atoms with Crippen molar-refractivity contribution < 1.29 is 27.2 Å². The minimum atomic E-state index is -2.99. The third-order valence-corrected chi connectivity index (χ3v) is 10.5. The van der Waals surface area contributed by atoms with Gasteiger partial charge in [0.2, 0.25) is 5.91 Å². The van der Waals surface area contributed by atoms with Crippen molar-refractivity contribution in [2.24, 2.45) is 0 Å². The number of hydrogen-bond donors (Lipinski definition) is 1. The largest absolute Gasteiger partial charge is 0.460 e. The number of likely N-dealkylation sites (tertiary alicyclic amines) is 1. The standard InChI is InChI=1S/C31H46N4O6S/c1-2-3-8-28-30(26-7-4-5-9-27(26)41-28)31(37)35-14-10-25(11-15-35)40-20-6-13-33-16-18-34(19-17-33)22-29(36)32-24-12-21-42(38,39)23-24/h4-5,7,9,24-25H,2-3,6,8,10-23H2,1H3,(H,32,36). The highest BCUT2D eigenvalue weighted by Gasteiger charge is 2.30. The summed E-state index contributed by atoms with van der Waals surface area (Å²) in [4.78, 5) is 32.4. The number of piperidine rings is 1. The highest BCUT2D eigenvalue weighted by atomic mass is 32.2. The van der Waals surface area contributed by atoms with Crippen molar-refractivity contribution in [2.75, 3.05) is 70.5 Å². The summed E-state index contributed by atoms with van der Waals surface area (Å²) < 4.78 is 35.5. The van der Waals surface area contributed by atoms with Crippen LogP contribution in [0.1, 0.15) is 61.6 Å². The number of ether oxygens (including phenoxy) is 1. The van der Waals surface area contributed by atoms with Gasteiger partial charge in [-0.25, -0.2) is 8.42 Å². The lowest BCUT2D eigenvalue weighted by Crippen LogP contribution is -2.50. The molecule has 3 aliphatic heterocycles. The zero-order chi connectivity index (χ0) is 29.5. The third kappa shape index (κ3) is 8.12. The smallest absolute Gasteiger partial charge is 0.258 e. The number of rotatable bonds is 12. The van der Waals surface area contributed by atoms with Gasteiger partial charge in [-0.2, -0.15) is 0 Å². The number of carbonyl (C=O) groups excluding carboxylic acids is 2. The van der Waals surface area contributed by atoms with Crippen molar-refractivity contribution in [1.29, 1.82) is 0 Å². The maximum absolute atomic E-state index is 13.6. The molecule has 3 aliphatic rings. The molecule has 10 nitrogen and oxygen atoms in total. The Morgan fingerprint density at radius 2 is 1.74 bits per heavy atom. The summed E-state index contributed by atoms with van der Waals surface area (Å²) in [6.45, 7) is 9.02. The molecular weight excluding hydrogens is 556 g/mol. The molecule has 2 amide bonds. The monoisotopic (exact) mass is 602 g/mol. The van der Waals surface area contributed by atoms with E-state index in [1.54, 1.807) is 0 Å². The van der Waals surface area contributed by atoms with Crippen LogP contribution in [0.15, 0.2) is 28.7 Å². The van der Waals surface area contributed by atoms with Gasteiger partial charge in [-0.15, -0.1) is 0 Å². The highest BCUT2D eigenvalue weighted by molar-refractivity contribution is 7.91. The molecule has 11 heteroatoms. The highest BCUT2D eigenvalue weighted by Crippen LogP contribution is 2.29. The number of unbranched alkanes of at least 4 members (excludes halogenated alkanes) is 1. The quantitative estimate of drug-likeness (QED) is 0.369. The molecule has 5 rings (SSSR count). The third-order valence-electron chi connectivity index (χ3n) is 8.77. The summed E-state index contributed by atoms with van der Waals surface area (Å²) in [6.07, 6.45) is 6.18. The zero-order valence-corrected chi connectivity index (χ0v) is 25.7. The van der Waals surface area contributed by atoms with Gasteiger partial charge in [-0.05, 0) is 38.2 Å². The van der Waals surface area contributed by atoms with E-state index in [0.717, 1.165) is 93.5 Å². The summed E-state index contributed by atoms with van der Waals surface area (Å²) in [5.41, 5.74) is 1.53. The van der Waals surface area contributed by atoms with Gasteiger partial charge < -0.3 is 24.3 Å². The second-order valence-electron chi connectivity index (χ2n) is 12.0. The van der Waals surface area contributed by atoms with Crippen LogP contribution in [0.4, 0.5) is 0 Å². The summed E-state index contributed by atoms with van der Waals surface area (Å²) in [7, 11) is -2.99. The Morgan fingerprint density at radius 1 is 1.00 bits per heavy atom. The fourth-order valence-electron chi connectivity index (χ4n) is 6.32. The van der Waals surface area contributed by atoms with E-state index in [1.165, 1.54) is 0 Å². The molecule has 232 valence electrons. The number of fused-ring (bicyclic) bond motifs is 1. The number of carbonyl (C=O) groups is 2. The first-order valence-electron chi connectivity index (χ1n) is 15.7. The van der Waals surface area contributed by atoms with Crippen LogP contribution in [-0.4, -0.2) is 118 Å². The predicted molar refractivity (Wildman–Crippen MR) is 162 cm³/mol. The average molecular weight is 603 g/mol. The first-order chi connectivity index (χ1) is 20.3. The number of piperazine rings is 1. The Balaban J connectivity index is 0.971. The van der Waals surface area contributed by atoms with Crippen LogP contribution in [0.3, 0.4) is 0 Å². The van der Waals surface area contributed by atoms with Gasteiger partial charge in [-0.1, -0.05) is 31.5 Å². The van der Waals surface area contributed by atoms with Gasteiger partial charge in [0.15, 0.2) is 9.84 Å². The molecule has 3 saturated heterocycles. The molecule has 1 unspecified atom stereocenters. The van der Waals surface area contributed by atoms with Crippen LogP contribution >= 0.6 is 0 Å². The number of sulfone groups is 1. The lowest BCUT2D eigenvalue weighted by molar-refractivity contribution is -0.123. The number of hydrogen-bond acceptors (Lipinski definition) is 8. The molecule has 0 bridgehead atoms. The molecule has 1 atom stereocenters. The Hall–Kier alpha value is -2.47. The van der Waals surface area contributed by atoms with Crippen LogP contribution < -0.4 is 5.32 Å². The minimum Gasteiger partial charge on any atom is -0.460 e. The zero-order valence-electron chi connectivity index (χ0n) is 24.9. The van der Waals surface area contributed by atoms with E-state index < -0.39 is 9.84 Å². The second kappa shape index (κ2) is 14.3. The molecule has 0 spiro atoms. The van der Waals surface area contributed by atoms with Gasteiger partial charge in [-0.3, -0.25) is 14.5 Å². The Labute approximate surface area is 249 Å². The van der Waals surface area contributed by atoms with E-state index >= 15 is 0 Å². The van der Waals surface area contributed by atoms with Crippen LogP contribution in [-0.2, 0) is 25.8 Å². The maximum atomic E-state index is 13.6. The van der Waals surface area contributed by atoms with Crippen molar-refractivity contribution in [3.8, 4) is 0 Å². The van der Waals surface area contributed by atoms with Gasteiger partial charge in [0, 0.05) is 70.3 Å². The number of para-hydroxylation sites is 1. The number of nitrogens with one attached hydrogen (secondary N) is 1. The molecule has 3 fully saturated rings. The van der Waals surface area contributed by atoms with Crippen LogP contribution in [0.25, 0.3) is 11.0 Å². The second-order valence-corrected chi connectivity index (χ2v) is 14.2. The van der Waals surface area contributed by atoms with Crippen molar-refractivity contribution in [3.05, 3.63) is 35.6 Å². The van der Waals surface area contributed by atoms with Crippen LogP contribution in [0.2, 0.25) is 0 Å². The normalized spacial score (nSPS) is 22.1. The van der Waals surface area contributed by atoms with Gasteiger partial charge in [0.05, 0.1) is 29.7 Å². The molecule has 0 aliphatic carbocycles. The number of nitrogens with zero attached hydrogens (tertiary/aromatic N) is 3. The van der Waals surface area contributed by atoms with E-state index in [0.29, 0.717) is 32.7 Å². The molecule has 42 heavy (non-hydrogen) atoms. The van der Waals surface area contributed by atoms with E-state index in [4.69, 9.17) is 9.15 Å². The van der Waals surface area contributed by atoms with Gasteiger partial charge in [0.25, 0.3) is 5.91 Å². The molecule has 2 aromatic rings. The van der Waals surface area contributed by atoms with Gasteiger partial charge >= 0.3 is 0 Å². The number of benzene rings is 1. The summed E-state index contributed by atoms with van der Waals surface area (Å²) in [6, 6.07) is 7.60. The van der Waals surface area contributed by atoms with Gasteiger partial charge in [0.1, 0.15) is 11.3 Å². The molecule has 1 aromatic carbocycles. The van der Waals surface area contributed by atoms with Crippen LogP contribution in [0.5, 0.6) is 0 Å². The Kier molecular flexibility index (Phi) is 10.6. The molecule has 1 N–H and O–H groups in total. The number of furan rings is 1. The fourth-order valence-corrected chi connectivity index (χ4v) is 8.00. The van der Waals surface area contributed by atoms with E-state index in [9.17, 15) is 18.0 Å². The van der Waals surface area contributed by atoms with Crippen molar-refractivity contribution in [3.63, 3.8) is 0 Å². The molecule has 1 aromatic heterocycles. The molecule has 0 saturated carbocycles. The number of aryl methyl sites for hydroxylation is 1. The maximum Gasteiger partial charge on any atom is 0.258 e. The lowest BCUT2D eigenvalue weighted by atomic mass is 10.0. The average Bonchev–Trinajstić information content (AvgIpc) is 3.53. The van der Waals surface area contributed by atoms with E-state index in [-0.39, 0.29) is 35.5 Å². The topological polar surface area (TPSA) is 112 Å². The summed E-state index contributed by atoms with van der Waals surface area (Å²) in [5, 5.41) is 3.80. The first kappa shape index (κ1) is 31.0. The number of amides is 2. The lowest BCUT2D eigenvalue weighted by Gasteiger charge is -2.35. The van der Waals surface area contributed by atoms with Crippen LogP contribution in [0, 0.1) is 0 Å². The van der Waals surface area contributed by atoms with Crippen molar-refractivity contribution in [2.45, 2.75) is 64.0 Å². The predicted octanol–water partition coefficient (Wildman–Crippen LogP) is 2.71. The molecule has 0 radical (unpaired) electrons. The van der Waals surface area contributed by atoms with E-state index in [2.05, 4.69) is 22.0 Å². The Morgan fingerprint density at radius 3 is 2.45 bits per heavy atom. The molecular formula is C31H46N4O6S. The summed E-state index contributed by atoms with van der Waals surface area (Å²) >= 11 is 0. The molecule has 4 heterocycles. The van der Waals surface area contributed by atoms with Crippen molar-refractivity contribution >= 4 is 32.6 Å².